The molecule has 1 aliphatic carbocycles. The van der Waals surface area contributed by atoms with Gasteiger partial charge in [-0.15, -0.1) is 0 Å². The molecule has 0 aromatic heterocycles. The molecule has 1 N–H and O–H groups in total. The van der Waals surface area contributed by atoms with Crippen LogP contribution < -0.4 is 0 Å². The summed E-state index contributed by atoms with van der Waals surface area (Å²) in [5.74, 6) is 0. The minimum Gasteiger partial charge on any atom is -0.389 e. The topological polar surface area (TPSA) is 20.2 Å². The van der Waals surface area contributed by atoms with Gasteiger partial charge in [0.1, 0.15) is 0 Å². The molecule has 0 heterocycles. The Labute approximate surface area is 55.7 Å². The molecule has 1 aliphatic rings. The lowest BCUT2D eigenvalue weighted by atomic mass is 10.0. The first-order chi connectivity index (χ1) is 4.30. The third kappa shape index (κ3) is 1.68. The maximum atomic E-state index is 9.06. The van der Waals surface area contributed by atoms with Gasteiger partial charge in [-0.05, 0) is 25.3 Å². The first kappa shape index (κ1) is 6.56. The number of rotatable bonds is 1. The normalized spacial score (nSPS) is 21.3. The van der Waals surface area contributed by atoms with E-state index in [-0.39, 0.29) is 6.10 Å². The van der Waals surface area contributed by atoms with Gasteiger partial charge in [0.05, 0.1) is 6.10 Å². The second kappa shape index (κ2) is 2.83. The molecule has 0 saturated heterocycles. The average Bonchev–Trinajstić information content (AvgIpc) is 1.90. The molecule has 0 fully saturated rings. The van der Waals surface area contributed by atoms with Crippen molar-refractivity contribution in [3.8, 4) is 0 Å². The number of hydrogen-bond donors (Lipinski definition) is 1. The van der Waals surface area contributed by atoms with Crippen molar-refractivity contribution in [1.82, 2.24) is 0 Å². The monoisotopic (exact) mass is 124 g/mol. The summed E-state index contributed by atoms with van der Waals surface area (Å²) in [5.41, 5.74) is 1.06. The van der Waals surface area contributed by atoms with Crippen molar-refractivity contribution in [1.29, 1.82) is 0 Å². The molecule has 9 heavy (non-hydrogen) atoms. The van der Waals surface area contributed by atoms with Crippen LogP contribution in [0.1, 0.15) is 19.8 Å². The van der Waals surface area contributed by atoms with Gasteiger partial charge < -0.3 is 5.11 Å². The van der Waals surface area contributed by atoms with E-state index in [2.05, 4.69) is 12.2 Å². The lowest BCUT2D eigenvalue weighted by Crippen LogP contribution is -2.03. The molecule has 1 rings (SSSR count). The summed E-state index contributed by atoms with van der Waals surface area (Å²) in [7, 11) is 0. The van der Waals surface area contributed by atoms with Gasteiger partial charge in [0.25, 0.3) is 0 Å². The second-order valence-corrected chi connectivity index (χ2v) is 2.36. The van der Waals surface area contributed by atoms with Crippen LogP contribution in [0.25, 0.3) is 0 Å². The van der Waals surface area contributed by atoms with E-state index in [4.69, 9.17) is 5.11 Å². The SMILES string of the molecule is C[C@@H](O)C1=CCCC=C1. The molecule has 0 aromatic carbocycles. The third-order valence-corrected chi connectivity index (χ3v) is 1.51. The van der Waals surface area contributed by atoms with Crippen LogP contribution in [0.5, 0.6) is 0 Å². The van der Waals surface area contributed by atoms with Gasteiger partial charge in [0.15, 0.2) is 0 Å². The van der Waals surface area contributed by atoms with Crippen LogP contribution in [0.3, 0.4) is 0 Å². The highest BCUT2D eigenvalue weighted by atomic mass is 16.3. The van der Waals surface area contributed by atoms with E-state index >= 15 is 0 Å². The Hall–Kier alpha value is -0.560. The van der Waals surface area contributed by atoms with E-state index in [1.165, 1.54) is 0 Å². The summed E-state index contributed by atoms with van der Waals surface area (Å²) in [6, 6.07) is 0. The van der Waals surface area contributed by atoms with Gasteiger partial charge in [-0.1, -0.05) is 18.2 Å². The molecule has 0 radical (unpaired) electrons. The zero-order valence-corrected chi connectivity index (χ0v) is 5.67. The quantitative estimate of drug-likeness (QED) is 0.563. The van der Waals surface area contributed by atoms with Crippen LogP contribution in [0, 0.1) is 0 Å². The predicted molar refractivity (Wildman–Crippen MR) is 38.1 cm³/mol. The van der Waals surface area contributed by atoms with Crippen molar-refractivity contribution in [2.75, 3.05) is 0 Å². The molecule has 0 amide bonds. The molecule has 0 bridgehead atoms. The van der Waals surface area contributed by atoms with E-state index in [1.807, 2.05) is 6.08 Å². The molecule has 0 spiro atoms. The zero-order chi connectivity index (χ0) is 6.69. The summed E-state index contributed by atoms with van der Waals surface area (Å²) in [6.45, 7) is 1.79. The summed E-state index contributed by atoms with van der Waals surface area (Å²) in [6.07, 6.45) is 8.09. The Balaban J connectivity index is 2.58. The molecule has 0 unspecified atom stereocenters. The predicted octanol–water partition coefficient (Wildman–Crippen LogP) is 1.64. The fourth-order valence-electron chi connectivity index (χ4n) is 0.943. The van der Waals surface area contributed by atoms with Crippen molar-refractivity contribution in [3.05, 3.63) is 23.8 Å². The largest absolute Gasteiger partial charge is 0.389 e. The third-order valence-electron chi connectivity index (χ3n) is 1.51. The Kier molecular flexibility index (Phi) is 2.06. The van der Waals surface area contributed by atoms with Gasteiger partial charge in [0, 0.05) is 0 Å². The van der Waals surface area contributed by atoms with Crippen LogP contribution in [0.15, 0.2) is 23.8 Å². The van der Waals surface area contributed by atoms with Crippen molar-refractivity contribution in [2.45, 2.75) is 25.9 Å². The van der Waals surface area contributed by atoms with Crippen LogP contribution in [-0.2, 0) is 0 Å². The Bertz CT molecular complexity index is 143. The summed E-state index contributed by atoms with van der Waals surface area (Å²) >= 11 is 0. The molecule has 0 aliphatic heterocycles. The molecular formula is C8H12O. The van der Waals surface area contributed by atoms with Gasteiger partial charge in [-0.2, -0.15) is 0 Å². The van der Waals surface area contributed by atoms with Crippen LogP contribution >= 0.6 is 0 Å². The van der Waals surface area contributed by atoms with Crippen molar-refractivity contribution < 1.29 is 5.11 Å². The maximum Gasteiger partial charge on any atom is 0.0758 e. The Morgan fingerprint density at radius 1 is 1.56 bits per heavy atom. The van der Waals surface area contributed by atoms with Crippen LogP contribution in [0.4, 0.5) is 0 Å². The highest BCUT2D eigenvalue weighted by molar-refractivity contribution is 5.24. The van der Waals surface area contributed by atoms with E-state index in [0.717, 1.165) is 18.4 Å². The van der Waals surface area contributed by atoms with E-state index in [9.17, 15) is 0 Å². The first-order valence-corrected chi connectivity index (χ1v) is 3.35. The number of hydrogen-bond acceptors (Lipinski definition) is 1. The molecule has 1 heteroatoms. The van der Waals surface area contributed by atoms with Crippen molar-refractivity contribution >= 4 is 0 Å². The van der Waals surface area contributed by atoms with Gasteiger partial charge in [0.2, 0.25) is 0 Å². The van der Waals surface area contributed by atoms with Gasteiger partial charge in [-0.25, -0.2) is 0 Å². The lowest BCUT2D eigenvalue weighted by Gasteiger charge is -2.08. The Morgan fingerprint density at radius 3 is 2.67 bits per heavy atom. The van der Waals surface area contributed by atoms with Gasteiger partial charge in [-0.3, -0.25) is 0 Å². The summed E-state index contributed by atoms with van der Waals surface area (Å²) in [5, 5.41) is 9.06. The summed E-state index contributed by atoms with van der Waals surface area (Å²) < 4.78 is 0. The molecule has 0 aromatic rings. The zero-order valence-electron chi connectivity index (χ0n) is 5.67. The molecule has 1 atom stereocenters. The minimum absolute atomic E-state index is 0.290. The summed E-state index contributed by atoms with van der Waals surface area (Å²) in [4.78, 5) is 0. The molecule has 1 nitrogen and oxygen atoms in total. The number of allylic oxidation sites excluding steroid dienone is 2. The molecule has 0 saturated carbocycles. The van der Waals surface area contributed by atoms with E-state index in [1.54, 1.807) is 6.92 Å². The van der Waals surface area contributed by atoms with E-state index < -0.39 is 0 Å². The average molecular weight is 124 g/mol. The van der Waals surface area contributed by atoms with E-state index in [0.29, 0.717) is 0 Å². The second-order valence-electron chi connectivity index (χ2n) is 2.36. The highest BCUT2D eigenvalue weighted by Crippen LogP contribution is 2.12. The lowest BCUT2D eigenvalue weighted by molar-refractivity contribution is 0.234. The molecular weight excluding hydrogens is 112 g/mol. The highest BCUT2D eigenvalue weighted by Gasteiger charge is 2.01. The molecule has 50 valence electrons. The first-order valence-electron chi connectivity index (χ1n) is 3.35. The van der Waals surface area contributed by atoms with Crippen LogP contribution in [0.2, 0.25) is 0 Å². The van der Waals surface area contributed by atoms with Gasteiger partial charge >= 0.3 is 0 Å². The fraction of sp³-hybridized carbons (Fsp3) is 0.500. The number of aliphatic hydroxyl groups excluding tert-OH is 1. The minimum atomic E-state index is -0.290. The van der Waals surface area contributed by atoms with Crippen molar-refractivity contribution in [3.63, 3.8) is 0 Å². The maximum absolute atomic E-state index is 9.06. The van der Waals surface area contributed by atoms with Crippen LogP contribution in [-0.4, -0.2) is 11.2 Å². The smallest absolute Gasteiger partial charge is 0.0758 e. The fourth-order valence-corrected chi connectivity index (χ4v) is 0.943. The number of aliphatic hydroxyl groups is 1. The standard InChI is InChI=1S/C8H12O/c1-7(9)8-5-3-2-4-6-8/h3,5-7,9H,2,4H2,1H3/t7-/m1/s1. The van der Waals surface area contributed by atoms with Crippen molar-refractivity contribution in [2.24, 2.45) is 0 Å². The Morgan fingerprint density at radius 2 is 2.33 bits per heavy atom.